The lowest BCUT2D eigenvalue weighted by Gasteiger charge is -2.49. The van der Waals surface area contributed by atoms with Crippen molar-refractivity contribution in [2.24, 2.45) is 36.1 Å². The number of carboxylic acids is 1. The highest BCUT2D eigenvalue weighted by Crippen LogP contribution is 2.64. The topological polar surface area (TPSA) is 170 Å². The zero-order valence-electron chi connectivity index (χ0n) is 29.7. The standard InChI is InChI=1S/C41H33ClN4O8S/c1-18-26-14-20(42)6-13-31(26)55-35(18)29-17-32(44(3)43-29)46-37(50)28-16-27-23(34(41(28,2)40(46)54)19-4-8-22(47)9-5-19)11-12-25-33(27)38(51)45(36(25)49)21-7-10-24(39(52)53)30(48)15-21/h4-11,13-15,17,25,27-28,33-34,47-48H,12,16H2,1-3H3,(H,52,53)/t25-,27+,28-,33-,34-,41+/m0/s1. The first-order valence-electron chi connectivity index (χ1n) is 17.7. The zero-order chi connectivity index (χ0) is 38.8. The highest BCUT2D eigenvalue weighted by Gasteiger charge is 2.68. The first-order chi connectivity index (χ1) is 26.2. The molecule has 2 aromatic heterocycles. The number of aryl methyl sites for hydroxylation is 2. The number of aromatic nitrogens is 2. The van der Waals surface area contributed by atoms with Crippen LogP contribution in [0, 0.1) is 36.0 Å². The number of aromatic carboxylic acids is 1. The molecule has 4 amide bonds. The van der Waals surface area contributed by atoms with Gasteiger partial charge in [0.15, 0.2) is 0 Å². The predicted octanol–water partition coefficient (Wildman–Crippen LogP) is 6.81. The molecule has 2 aliphatic carbocycles. The first-order valence-corrected chi connectivity index (χ1v) is 18.9. The average molecular weight is 777 g/mol. The molecule has 0 bridgehead atoms. The number of rotatable bonds is 5. The number of phenolic OH excluding ortho intramolecular Hbond substituents is 1. The van der Waals surface area contributed by atoms with E-state index in [0.717, 1.165) is 43.1 Å². The van der Waals surface area contributed by atoms with Crippen molar-refractivity contribution in [1.29, 1.82) is 0 Å². The Labute approximate surface area is 322 Å². The average Bonchev–Trinajstić information content (AvgIpc) is 3.82. The Balaban J connectivity index is 1.13. The van der Waals surface area contributed by atoms with Crippen molar-refractivity contribution in [3.05, 3.63) is 100 Å². The van der Waals surface area contributed by atoms with E-state index >= 15 is 4.79 Å². The predicted molar refractivity (Wildman–Crippen MR) is 204 cm³/mol. The van der Waals surface area contributed by atoms with Gasteiger partial charge in [-0.1, -0.05) is 35.4 Å². The molecule has 5 aromatic rings. The molecule has 2 saturated heterocycles. The fourth-order valence-electron chi connectivity index (χ4n) is 9.59. The van der Waals surface area contributed by atoms with Crippen LogP contribution in [0.1, 0.15) is 47.2 Å². The number of hydrogen-bond donors (Lipinski definition) is 3. The van der Waals surface area contributed by atoms with Gasteiger partial charge in [0.2, 0.25) is 23.6 Å². The van der Waals surface area contributed by atoms with Crippen molar-refractivity contribution in [2.75, 3.05) is 9.80 Å². The molecule has 0 unspecified atom stereocenters. The minimum absolute atomic E-state index is 0.0246. The molecule has 278 valence electrons. The van der Waals surface area contributed by atoms with Gasteiger partial charge in [0.25, 0.3) is 0 Å². The summed E-state index contributed by atoms with van der Waals surface area (Å²) in [6.07, 6.45) is 2.24. The first kappa shape index (κ1) is 34.9. The van der Waals surface area contributed by atoms with E-state index in [1.807, 2.05) is 31.2 Å². The van der Waals surface area contributed by atoms with Crippen LogP contribution in [0.2, 0.25) is 5.02 Å². The van der Waals surface area contributed by atoms with E-state index < -0.39 is 70.4 Å². The number of anilines is 2. The van der Waals surface area contributed by atoms with E-state index in [4.69, 9.17) is 16.7 Å². The number of allylic oxidation sites excluding steroid dienone is 2. The Kier molecular flexibility index (Phi) is 7.69. The van der Waals surface area contributed by atoms with Gasteiger partial charge in [0.1, 0.15) is 28.6 Å². The van der Waals surface area contributed by atoms with Gasteiger partial charge in [-0.15, -0.1) is 11.3 Å². The summed E-state index contributed by atoms with van der Waals surface area (Å²) < 4.78 is 2.55. The maximum Gasteiger partial charge on any atom is 0.339 e. The molecular weight excluding hydrogens is 744 g/mol. The SMILES string of the molecule is Cc1c(-c2cc(N3C(=O)[C@@H]4C[C@@H]5C(=CC[C@@H]6C(=O)N(c7ccc(C(=O)O)c(O)c7)C(=O)[C@@H]65)[C@H](c5ccc(O)cc5)[C@]4(C)C3=O)n(C)n2)sc2ccc(Cl)cc12. The van der Waals surface area contributed by atoms with Gasteiger partial charge >= 0.3 is 5.97 Å². The molecule has 55 heavy (non-hydrogen) atoms. The molecule has 6 atom stereocenters. The number of halogens is 1. The van der Waals surface area contributed by atoms with Crippen LogP contribution < -0.4 is 9.80 Å². The molecule has 0 spiro atoms. The number of hydrogen-bond acceptors (Lipinski definition) is 9. The Morgan fingerprint density at radius 2 is 1.67 bits per heavy atom. The maximum atomic E-state index is 15.0. The molecule has 9 rings (SSSR count). The van der Waals surface area contributed by atoms with E-state index in [2.05, 4.69) is 0 Å². The largest absolute Gasteiger partial charge is 0.508 e. The third-order valence-electron chi connectivity index (χ3n) is 12.2. The lowest BCUT2D eigenvalue weighted by molar-refractivity contribution is -0.131. The number of nitrogens with zero attached hydrogens (tertiary/aromatic N) is 4. The van der Waals surface area contributed by atoms with Gasteiger partial charge < -0.3 is 15.3 Å². The number of fused-ring (bicyclic) bond motifs is 5. The molecule has 0 radical (unpaired) electrons. The van der Waals surface area contributed by atoms with Crippen molar-refractivity contribution in [1.82, 2.24) is 9.78 Å². The lowest BCUT2D eigenvalue weighted by atomic mass is 9.51. The van der Waals surface area contributed by atoms with Crippen LogP contribution in [0.3, 0.4) is 0 Å². The fraction of sp³-hybridized carbons (Fsp3) is 0.268. The Bertz CT molecular complexity index is 2590. The summed E-state index contributed by atoms with van der Waals surface area (Å²) in [4.78, 5) is 72.8. The second-order valence-electron chi connectivity index (χ2n) is 15.0. The Hall–Kier alpha value is -5.79. The fourth-order valence-corrected chi connectivity index (χ4v) is 10.9. The number of thiophene rings is 1. The number of imide groups is 2. The quantitative estimate of drug-likeness (QED) is 0.128. The van der Waals surface area contributed by atoms with Crippen LogP contribution in [-0.4, -0.2) is 54.7 Å². The molecule has 4 aliphatic rings. The third kappa shape index (κ3) is 4.88. The summed E-state index contributed by atoms with van der Waals surface area (Å²) >= 11 is 7.84. The van der Waals surface area contributed by atoms with E-state index in [9.17, 15) is 34.5 Å². The lowest BCUT2D eigenvalue weighted by Crippen LogP contribution is -2.48. The number of carbonyl (C=O) groups is 5. The number of carbonyl (C=O) groups excluding carboxylic acids is 4. The second kappa shape index (κ2) is 12.1. The highest BCUT2D eigenvalue weighted by atomic mass is 35.5. The van der Waals surface area contributed by atoms with Gasteiger partial charge in [-0.05, 0) is 91.6 Å². The molecular formula is C41H33ClN4O8S. The van der Waals surface area contributed by atoms with Gasteiger partial charge in [-0.3, -0.25) is 23.9 Å². The van der Waals surface area contributed by atoms with Gasteiger partial charge in [-0.2, -0.15) is 5.10 Å². The number of carboxylic acid groups (broad SMARTS) is 1. The van der Waals surface area contributed by atoms with E-state index in [-0.39, 0.29) is 29.8 Å². The summed E-state index contributed by atoms with van der Waals surface area (Å²) in [6.45, 7) is 3.77. The Morgan fingerprint density at radius 3 is 2.38 bits per heavy atom. The van der Waals surface area contributed by atoms with Gasteiger partial charge in [-0.25, -0.2) is 14.6 Å². The monoisotopic (exact) mass is 776 g/mol. The third-order valence-corrected chi connectivity index (χ3v) is 13.7. The normalized spacial score (nSPS) is 26.0. The molecule has 3 N–H and O–H groups in total. The van der Waals surface area contributed by atoms with Crippen molar-refractivity contribution < 1.29 is 39.3 Å². The number of amides is 4. The molecule has 2 aliphatic heterocycles. The molecule has 1 saturated carbocycles. The van der Waals surface area contributed by atoms with Crippen LogP contribution in [0.5, 0.6) is 11.5 Å². The van der Waals surface area contributed by atoms with Crippen LogP contribution in [0.15, 0.2) is 78.4 Å². The zero-order valence-corrected chi connectivity index (χ0v) is 31.3. The van der Waals surface area contributed by atoms with Gasteiger partial charge in [0, 0.05) is 34.8 Å². The number of benzene rings is 3. The summed E-state index contributed by atoms with van der Waals surface area (Å²) in [5.41, 5.74) is 1.39. The highest BCUT2D eigenvalue weighted by molar-refractivity contribution is 7.22. The van der Waals surface area contributed by atoms with Crippen molar-refractivity contribution in [3.63, 3.8) is 0 Å². The minimum atomic E-state index is -1.36. The van der Waals surface area contributed by atoms with E-state index in [1.165, 1.54) is 39.1 Å². The van der Waals surface area contributed by atoms with Crippen molar-refractivity contribution in [2.45, 2.75) is 32.6 Å². The molecule has 3 aromatic carbocycles. The van der Waals surface area contributed by atoms with Crippen LogP contribution >= 0.6 is 22.9 Å². The number of phenols is 2. The van der Waals surface area contributed by atoms with Gasteiger partial charge in [0.05, 0.1) is 33.7 Å². The van der Waals surface area contributed by atoms with Crippen LogP contribution in [0.4, 0.5) is 11.5 Å². The van der Waals surface area contributed by atoms with E-state index in [0.29, 0.717) is 22.1 Å². The minimum Gasteiger partial charge on any atom is -0.508 e. The van der Waals surface area contributed by atoms with Crippen LogP contribution in [-0.2, 0) is 26.2 Å². The number of aromatic hydroxyl groups is 2. The smallest absolute Gasteiger partial charge is 0.339 e. The van der Waals surface area contributed by atoms with Crippen LogP contribution in [0.25, 0.3) is 20.7 Å². The Morgan fingerprint density at radius 1 is 0.927 bits per heavy atom. The summed E-state index contributed by atoms with van der Waals surface area (Å²) in [5, 5.41) is 36.4. The van der Waals surface area contributed by atoms with Crippen molar-refractivity contribution in [3.8, 4) is 22.1 Å². The maximum absolute atomic E-state index is 15.0. The van der Waals surface area contributed by atoms with Crippen molar-refractivity contribution >= 4 is 74.1 Å². The molecule has 3 fully saturated rings. The summed E-state index contributed by atoms with van der Waals surface area (Å²) in [6, 6.07) is 17.5. The van der Waals surface area contributed by atoms with E-state index in [1.54, 1.807) is 32.2 Å². The summed E-state index contributed by atoms with van der Waals surface area (Å²) in [7, 11) is 1.69. The second-order valence-corrected chi connectivity index (χ2v) is 16.5. The summed E-state index contributed by atoms with van der Waals surface area (Å²) in [5.74, 6) is -7.29. The molecule has 14 heteroatoms. The molecule has 4 heterocycles. The molecule has 12 nitrogen and oxygen atoms in total.